The smallest absolute Gasteiger partial charge is 0.251 e. The molecule has 0 aliphatic carbocycles. The van der Waals surface area contributed by atoms with Crippen molar-refractivity contribution in [1.29, 1.82) is 0 Å². The van der Waals surface area contributed by atoms with Gasteiger partial charge in [-0.2, -0.15) is 0 Å². The van der Waals surface area contributed by atoms with Gasteiger partial charge in [0.1, 0.15) is 0 Å². The average Bonchev–Trinajstić information content (AvgIpc) is 2.87. The summed E-state index contributed by atoms with van der Waals surface area (Å²) in [4.78, 5) is 13.1. The Hall–Kier alpha value is -1.36. The predicted molar refractivity (Wildman–Crippen MR) is 82.7 cm³/mol. The molecule has 0 saturated heterocycles. The van der Waals surface area contributed by atoms with Crippen LogP contribution in [0.3, 0.4) is 0 Å². The van der Waals surface area contributed by atoms with Crippen LogP contribution >= 0.6 is 22.9 Å². The Bertz CT molecular complexity index is 653. The van der Waals surface area contributed by atoms with Gasteiger partial charge in [0, 0.05) is 17.0 Å². The molecule has 1 aromatic carbocycles. The molecule has 1 atom stereocenters. The number of hydrogen-bond acceptors (Lipinski definition) is 3. The molecule has 1 aliphatic heterocycles. The van der Waals surface area contributed by atoms with Gasteiger partial charge in [-0.15, -0.1) is 11.3 Å². The molecule has 1 unspecified atom stereocenters. The lowest BCUT2D eigenvalue weighted by atomic mass is 9.95. The molecule has 2 N–H and O–H groups in total. The van der Waals surface area contributed by atoms with Crippen molar-refractivity contribution in [2.24, 2.45) is 0 Å². The molecule has 104 valence electrons. The molecule has 3 nitrogen and oxygen atoms in total. The highest BCUT2D eigenvalue weighted by Gasteiger charge is 2.20. The van der Waals surface area contributed by atoms with Gasteiger partial charge in [-0.3, -0.25) is 4.79 Å². The van der Waals surface area contributed by atoms with E-state index in [1.165, 1.54) is 0 Å². The van der Waals surface area contributed by atoms with E-state index in [2.05, 4.69) is 22.8 Å². The SMILES string of the molecule is CNC(c1ccc2c(c1)C(=O)NCC2)c1ccc(Cl)s1. The summed E-state index contributed by atoms with van der Waals surface area (Å²) in [6, 6.07) is 10.1. The molecular weight excluding hydrogens is 292 g/mol. The minimum Gasteiger partial charge on any atom is -0.352 e. The third-order valence-corrected chi connectivity index (χ3v) is 4.85. The summed E-state index contributed by atoms with van der Waals surface area (Å²) in [5.41, 5.74) is 3.00. The number of fused-ring (bicyclic) bond motifs is 1. The number of amides is 1. The van der Waals surface area contributed by atoms with Crippen molar-refractivity contribution in [2.45, 2.75) is 12.5 Å². The summed E-state index contributed by atoms with van der Waals surface area (Å²) in [7, 11) is 1.91. The lowest BCUT2D eigenvalue weighted by molar-refractivity contribution is 0.0946. The van der Waals surface area contributed by atoms with Gasteiger partial charge >= 0.3 is 0 Å². The summed E-state index contributed by atoms with van der Waals surface area (Å²) in [5.74, 6) is 0.0205. The zero-order valence-electron chi connectivity index (χ0n) is 11.1. The van der Waals surface area contributed by atoms with Crippen molar-refractivity contribution < 1.29 is 4.79 Å². The highest BCUT2D eigenvalue weighted by molar-refractivity contribution is 7.16. The number of rotatable bonds is 3. The molecule has 0 saturated carbocycles. The number of benzene rings is 1. The minimum absolute atomic E-state index is 0.0205. The number of hydrogen-bond donors (Lipinski definition) is 2. The summed E-state index contributed by atoms with van der Waals surface area (Å²) in [6.45, 7) is 0.723. The third kappa shape index (κ3) is 2.46. The van der Waals surface area contributed by atoms with Crippen LogP contribution in [-0.4, -0.2) is 19.5 Å². The average molecular weight is 307 g/mol. The molecule has 5 heteroatoms. The summed E-state index contributed by atoms with van der Waals surface area (Å²) in [5, 5.41) is 6.18. The first kappa shape index (κ1) is 13.6. The summed E-state index contributed by atoms with van der Waals surface area (Å²) >= 11 is 7.57. The molecule has 0 spiro atoms. The van der Waals surface area contributed by atoms with Crippen LogP contribution in [-0.2, 0) is 6.42 Å². The molecule has 2 aromatic rings. The first-order valence-corrected chi connectivity index (χ1v) is 7.72. The Balaban J connectivity index is 2.00. The first-order valence-electron chi connectivity index (χ1n) is 6.52. The Labute approximate surface area is 127 Å². The van der Waals surface area contributed by atoms with Crippen LogP contribution in [0, 0.1) is 0 Å². The van der Waals surface area contributed by atoms with Gasteiger partial charge in [-0.05, 0) is 42.8 Å². The lowest BCUT2D eigenvalue weighted by Gasteiger charge is -2.20. The molecule has 20 heavy (non-hydrogen) atoms. The molecule has 0 fully saturated rings. The van der Waals surface area contributed by atoms with Crippen LogP contribution in [0.2, 0.25) is 4.34 Å². The Kier molecular flexibility index (Phi) is 3.78. The van der Waals surface area contributed by atoms with E-state index in [0.29, 0.717) is 0 Å². The van der Waals surface area contributed by atoms with Crippen LogP contribution in [0.4, 0.5) is 0 Å². The van der Waals surface area contributed by atoms with Gasteiger partial charge < -0.3 is 10.6 Å². The van der Waals surface area contributed by atoms with Gasteiger partial charge in [0.15, 0.2) is 0 Å². The van der Waals surface area contributed by atoms with Crippen molar-refractivity contribution in [3.63, 3.8) is 0 Å². The minimum atomic E-state index is 0.0205. The maximum atomic E-state index is 11.9. The molecular formula is C15H15ClN2OS. The summed E-state index contributed by atoms with van der Waals surface area (Å²) < 4.78 is 0.774. The molecule has 1 amide bonds. The topological polar surface area (TPSA) is 41.1 Å². The van der Waals surface area contributed by atoms with E-state index >= 15 is 0 Å². The molecule has 0 radical (unpaired) electrons. The van der Waals surface area contributed by atoms with Crippen molar-refractivity contribution in [2.75, 3.05) is 13.6 Å². The van der Waals surface area contributed by atoms with Crippen LogP contribution in [0.5, 0.6) is 0 Å². The Morgan fingerprint density at radius 3 is 2.90 bits per heavy atom. The number of carbonyl (C=O) groups excluding carboxylic acids is 1. The van der Waals surface area contributed by atoms with E-state index in [0.717, 1.165) is 38.9 Å². The Morgan fingerprint density at radius 2 is 2.20 bits per heavy atom. The lowest BCUT2D eigenvalue weighted by Crippen LogP contribution is -2.32. The van der Waals surface area contributed by atoms with Gasteiger partial charge in [0.2, 0.25) is 0 Å². The molecule has 0 bridgehead atoms. The molecule has 3 rings (SSSR count). The van der Waals surface area contributed by atoms with Gasteiger partial charge in [-0.1, -0.05) is 23.7 Å². The molecule has 1 aromatic heterocycles. The van der Waals surface area contributed by atoms with Crippen molar-refractivity contribution in [3.05, 3.63) is 56.2 Å². The van der Waals surface area contributed by atoms with Gasteiger partial charge in [-0.25, -0.2) is 0 Å². The van der Waals surface area contributed by atoms with Crippen LogP contribution < -0.4 is 10.6 Å². The molecule has 2 heterocycles. The van der Waals surface area contributed by atoms with E-state index < -0.39 is 0 Å². The van der Waals surface area contributed by atoms with E-state index in [4.69, 9.17) is 11.6 Å². The number of halogens is 1. The maximum Gasteiger partial charge on any atom is 0.251 e. The van der Waals surface area contributed by atoms with Crippen molar-refractivity contribution in [1.82, 2.24) is 10.6 Å². The van der Waals surface area contributed by atoms with E-state index in [1.807, 2.05) is 25.2 Å². The maximum absolute atomic E-state index is 11.9. The highest BCUT2D eigenvalue weighted by Crippen LogP contribution is 2.32. The fourth-order valence-corrected chi connectivity index (χ4v) is 3.76. The van der Waals surface area contributed by atoms with Crippen LogP contribution in [0.1, 0.15) is 32.4 Å². The van der Waals surface area contributed by atoms with Crippen LogP contribution in [0.15, 0.2) is 30.3 Å². The van der Waals surface area contributed by atoms with Crippen LogP contribution in [0.25, 0.3) is 0 Å². The van der Waals surface area contributed by atoms with Crippen molar-refractivity contribution >= 4 is 28.8 Å². The second kappa shape index (κ2) is 5.56. The number of nitrogens with one attached hydrogen (secondary N) is 2. The Morgan fingerprint density at radius 1 is 1.35 bits per heavy atom. The second-order valence-corrected chi connectivity index (χ2v) is 6.53. The standard InChI is InChI=1S/C15H15ClN2OS/c1-17-14(12-4-5-13(16)20-12)10-3-2-9-6-7-18-15(19)11(9)8-10/h2-5,8,14,17H,6-7H2,1H3,(H,18,19). The van der Waals surface area contributed by atoms with Crippen molar-refractivity contribution in [3.8, 4) is 0 Å². The summed E-state index contributed by atoms with van der Waals surface area (Å²) in [6.07, 6.45) is 0.899. The fourth-order valence-electron chi connectivity index (χ4n) is 2.57. The highest BCUT2D eigenvalue weighted by atomic mass is 35.5. The van der Waals surface area contributed by atoms with E-state index in [1.54, 1.807) is 11.3 Å². The van der Waals surface area contributed by atoms with E-state index in [-0.39, 0.29) is 11.9 Å². The zero-order valence-corrected chi connectivity index (χ0v) is 12.6. The normalized spacial score (nSPS) is 15.6. The zero-order chi connectivity index (χ0) is 14.1. The second-order valence-electron chi connectivity index (χ2n) is 4.79. The first-order chi connectivity index (χ1) is 9.69. The molecule has 1 aliphatic rings. The number of carbonyl (C=O) groups is 1. The monoisotopic (exact) mass is 306 g/mol. The predicted octanol–water partition coefficient (Wildman–Crippen LogP) is 3.00. The third-order valence-electron chi connectivity index (χ3n) is 3.56. The van der Waals surface area contributed by atoms with E-state index in [9.17, 15) is 4.79 Å². The largest absolute Gasteiger partial charge is 0.352 e. The van der Waals surface area contributed by atoms with Gasteiger partial charge in [0.05, 0.1) is 10.4 Å². The van der Waals surface area contributed by atoms with Gasteiger partial charge in [0.25, 0.3) is 5.91 Å². The quantitative estimate of drug-likeness (QED) is 0.915. The fraction of sp³-hybridized carbons (Fsp3) is 0.267. The number of thiophene rings is 1.